The highest BCUT2D eigenvalue weighted by Crippen LogP contribution is 2.31. The lowest BCUT2D eigenvalue weighted by molar-refractivity contribution is 0.0800. The van der Waals surface area contributed by atoms with Crippen molar-refractivity contribution in [3.05, 3.63) is 47.4 Å². The van der Waals surface area contributed by atoms with Gasteiger partial charge in [0.25, 0.3) is 5.91 Å². The zero-order valence-corrected chi connectivity index (χ0v) is 24.6. The van der Waals surface area contributed by atoms with Gasteiger partial charge in [-0.25, -0.2) is 31.8 Å². The summed E-state index contributed by atoms with van der Waals surface area (Å²) in [4.78, 5) is 21.8. The first-order valence-electron chi connectivity index (χ1n) is 12.9. The second-order valence-corrected chi connectivity index (χ2v) is 19.2. The summed E-state index contributed by atoms with van der Waals surface area (Å²) >= 11 is 0. The molecule has 0 aliphatic heterocycles. The third kappa shape index (κ3) is 7.19. The number of ether oxygens (including phenoxy) is 1. The third-order valence-electron chi connectivity index (χ3n) is 6.81. The van der Waals surface area contributed by atoms with E-state index >= 15 is 0 Å². The molecule has 2 heterocycles. The molecule has 1 aliphatic rings. The number of rotatable bonds is 11. The molecule has 3 aromatic rings. The van der Waals surface area contributed by atoms with Crippen LogP contribution < -0.4 is 10.6 Å². The van der Waals surface area contributed by atoms with Crippen LogP contribution in [0, 0.1) is 11.6 Å². The smallest absolute Gasteiger partial charge is 0.272 e. The number of fused-ring (bicyclic) bond motifs is 1. The normalized spacial score (nSPS) is 19.7. The van der Waals surface area contributed by atoms with Gasteiger partial charge in [0.15, 0.2) is 11.3 Å². The standard InChI is InChI=1S/C25H34F2N6O5SSi/c1-39(36,37)17-10-19(20(34)11-17)31-23-21-22(25(35)28-12-15-9-16(26)5-6-18(15)27)32-33(24(21)30-13-29-23)14-38-7-8-40(2,3)4/h5-6,9,13,17,19-20,34H,7-8,10-12,14H2,1-4H3,(H,28,35)(H,29,30,31)/t17-,19-,20-/m1/s1. The number of benzene rings is 1. The van der Waals surface area contributed by atoms with Gasteiger partial charge in [0.2, 0.25) is 0 Å². The molecule has 0 saturated heterocycles. The van der Waals surface area contributed by atoms with Crippen molar-refractivity contribution in [2.45, 2.75) is 69.2 Å². The summed E-state index contributed by atoms with van der Waals surface area (Å²) in [5, 5.41) is 20.1. The molecule has 0 spiro atoms. The molecule has 1 aromatic carbocycles. The molecular weight excluding hydrogens is 562 g/mol. The molecule has 11 nitrogen and oxygen atoms in total. The Morgan fingerprint density at radius 2 is 1.98 bits per heavy atom. The third-order valence-corrected chi connectivity index (χ3v) is 10.1. The average molecular weight is 597 g/mol. The van der Waals surface area contributed by atoms with Crippen LogP contribution in [0.5, 0.6) is 0 Å². The lowest BCUT2D eigenvalue weighted by Crippen LogP contribution is -2.29. The van der Waals surface area contributed by atoms with E-state index in [0.29, 0.717) is 6.61 Å². The van der Waals surface area contributed by atoms with Crippen molar-refractivity contribution in [3.63, 3.8) is 0 Å². The summed E-state index contributed by atoms with van der Waals surface area (Å²) in [5.74, 6) is -1.82. The van der Waals surface area contributed by atoms with Crippen molar-refractivity contribution in [2.24, 2.45) is 0 Å². The van der Waals surface area contributed by atoms with Crippen LogP contribution >= 0.6 is 0 Å². The van der Waals surface area contributed by atoms with Crippen LogP contribution in [0.4, 0.5) is 14.6 Å². The lowest BCUT2D eigenvalue weighted by atomic mass is 10.2. The highest BCUT2D eigenvalue weighted by molar-refractivity contribution is 7.91. The van der Waals surface area contributed by atoms with E-state index in [1.54, 1.807) is 0 Å². The second kappa shape index (κ2) is 11.8. The maximum atomic E-state index is 14.1. The van der Waals surface area contributed by atoms with Gasteiger partial charge in [-0.05, 0) is 37.1 Å². The molecule has 1 fully saturated rings. The number of halogens is 2. The maximum Gasteiger partial charge on any atom is 0.272 e. The Morgan fingerprint density at radius 1 is 1.23 bits per heavy atom. The van der Waals surface area contributed by atoms with E-state index in [1.165, 1.54) is 11.0 Å². The molecule has 40 heavy (non-hydrogen) atoms. The van der Waals surface area contributed by atoms with Crippen LogP contribution in [0.15, 0.2) is 24.5 Å². The fourth-order valence-corrected chi connectivity index (χ4v) is 6.34. The number of nitrogens with one attached hydrogen (secondary N) is 2. The van der Waals surface area contributed by atoms with Gasteiger partial charge in [-0.2, -0.15) is 5.10 Å². The fraction of sp³-hybridized carbons (Fsp3) is 0.520. The Kier molecular flexibility index (Phi) is 8.87. The van der Waals surface area contributed by atoms with Gasteiger partial charge in [-0.15, -0.1) is 0 Å². The number of nitrogens with zero attached hydrogens (tertiary/aromatic N) is 4. The van der Waals surface area contributed by atoms with Crippen molar-refractivity contribution in [2.75, 3.05) is 18.2 Å². The van der Waals surface area contributed by atoms with Gasteiger partial charge in [0.1, 0.15) is 40.3 Å². The predicted molar refractivity (Wildman–Crippen MR) is 148 cm³/mol. The molecule has 1 amide bonds. The van der Waals surface area contributed by atoms with Gasteiger partial charge in [0.05, 0.1) is 22.8 Å². The van der Waals surface area contributed by atoms with E-state index in [2.05, 4.69) is 45.3 Å². The first-order chi connectivity index (χ1) is 18.7. The van der Waals surface area contributed by atoms with Crippen LogP contribution in [0.3, 0.4) is 0 Å². The summed E-state index contributed by atoms with van der Waals surface area (Å²) in [6.45, 7) is 6.87. The van der Waals surface area contributed by atoms with Crippen LogP contribution in [-0.4, -0.2) is 77.5 Å². The number of anilines is 1. The molecule has 0 radical (unpaired) electrons. The van der Waals surface area contributed by atoms with E-state index < -0.39 is 52.8 Å². The molecule has 1 aliphatic carbocycles. The number of amides is 1. The van der Waals surface area contributed by atoms with Crippen molar-refractivity contribution < 1.29 is 31.8 Å². The van der Waals surface area contributed by atoms with E-state index in [0.717, 1.165) is 30.5 Å². The summed E-state index contributed by atoms with van der Waals surface area (Å²) in [6, 6.07) is 3.23. The zero-order valence-electron chi connectivity index (χ0n) is 22.8. The van der Waals surface area contributed by atoms with E-state index in [9.17, 15) is 27.1 Å². The molecule has 0 unspecified atom stereocenters. The van der Waals surface area contributed by atoms with Gasteiger partial charge in [-0.3, -0.25) is 4.79 Å². The largest absolute Gasteiger partial charge is 0.391 e. The molecule has 4 rings (SSSR count). The first-order valence-corrected chi connectivity index (χ1v) is 18.5. The average Bonchev–Trinajstić information content (AvgIpc) is 3.43. The van der Waals surface area contributed by atoms with Crippen molar-refractivity contribution in [1.82, 2.24) is 25.1 Å². The lowest BCUT2D eigenvalue weighted by Gasteiger charge is -2.17. The predicted octanol–water partition coefficient (Wildman–Crippen LogP) is 2.70. The number of aliphatic hydroxyl groups excluding tert-OH is 1. The Labute approximate surface area is 232 Å². The minimum atomic E-state index is -3.37. The quantitative estimate of drug-likeness (QED) is 0.224. The van der Waals surface area contributed by atoms with Crippen LogP contribution in [0.1, 0.15) is 28.9 Å². The fourth-order valence-electron chi connectivity index (χ4n) is 4.48. The Bertz CT molecular complexity index is 1500. The number of carbonyl (C=O) groups excluding carboxylic acids is 1. The van der Waals surface area contributed by atoms with Crippen molar-refractivity contribution >= 4 is 40.7 Å². The zero-order chi connectivity index (χ0) is 29.2. The first kappa shape index (κ1) is 30.0. The maximum absolute atomic E-state index is 14.1. The number of hydrogen-bond acceptors (Lipinski definition) is 9. The highest BCUT2D eigenvalue weighted by Gasteiger charge is 2.39. The topological polar surface area (TPSA) is 148 Å². The van der Waals surface area contributed by atoms with Crippen molar-refractivity contribution in [1.29, 1.82) is 0 Å². The Morgan fingerprint density at radius 3 is 2.65 bits per heavy atom. The highest BCUT2D eigenvalue weighted by atomic mass is 32.2. The van der Waals surface area contributed by atoms with Crippen LogP contribution in [0.2, 0.25) is 25.7 Å². The number of aromatic nitrogens is 4. The molecule has 15 heteroatoms. The van der Waals surface area contributed by atoms with Crippen LogP contribution in [-0.2, 0) is 27.8 Å². The summed E-state index contributed by atoms with van der Waals surface area (Å²) < 4.78 is 59.1. The summed E-state index contributed by atoms with van der Waals surface area (Å²) in [7, 11) is -4.72. The number of sulfone groups is 1. The van der Waals surface area contributed by atoms with E-state index in [1.807, 2.05) is 0 Å². The van der Waals surface area contributed by atoms with Gasteiger partial charge in [-0.1, -0.05) is 19.6 Å². The Balaban J connectivity index is 1.64. The molecule has 3 N–H and O–H groups in total. The molecule has 2 aromatic heterocycles. The minimum Gasteiger partial charge on any atom is -0.391 e. The van der Waals surface area contributed by atoms with Gasteiger partial charge in [0, 0.05) is 33.0 Å². The van der Waals surface area contributed by atoms with Crippen LogP contribution in [0.25, 0.3) is 11.0 Å². The summed E-state index contributed by atoms with van der Waals surface area (Å²) in [6.07, 6.45) is 1.66. The summed E-state index contributed by atoms with van der Waals surface area (Å²) in [5.41, 5.74) is 0.151. The number of hydrogen-bond donors (Lipinski definition) is 3. The SMILES string of the molecule is C[Si](C)(C)CCOCn1nc(C(=O)NCc2cc(F)ccc2F)c2c(N[C@@H]3C[C@@H](S(C)(=O)=O)C[C@H]3O)ncnc21. The molecule has 218 valence electrons. The Hall–Kier alpha value is -3.01. The number of carbonyl (C=O) groups is 1. The van der Waals surface area contributed by atoms with E-state index in [-0.39, 0.29) is 54.2 Å². The molecular formula is C25H34F2N6O5SSi. The minimum absolute atomic E-state index is 0.00540. The van der Waals surface area contributed by atoms with Crippen molar-refractivity contribution in [3.8, 4) is 0 Å². The second-order valence-electron chi connectivity index (χ2n) is 11.3. The van der Waals surface area contributed by atoms with Gasteiger partial charge >= 0.3 is 0 Å². The molecule has 0 bridgehead atoms. The number of aliphatic hydroxyl groups is 1. The van der Waals surface area contributed by atoms with E-state index in [4.69, 9.17) is 4.74 Å². The van der Waals surface area contributed by atoms with Gasteiger partial charge < -0.3 is 20.5 Å². The molecule has 3 atom stereocenters. The monoisotopic (exact) mass is 596 g/mol. The molecule has 1 saturated carbocycles.